The van der Waals surface area contributed by atoms with Crippen LogP contribution in [-0.2, 0) is 13.1 Å². The van der Waals surface area contributed by atoms with Gasteiger partial charge in [-0.1, -0.05) is 41.5 Å². The van der Waals surface area contributed by atoms with Crippen molar-refractivity contribution in [3.8, 4) is 0 Å². The Morgan fingerprint density at radius 2 is 1.39 bits per heavy atom. The maximum Gasteiger partial charge on any atom is 0.0208 e. The molecule has 0 saturated carbocycles. The molecule has 94 valence electrons. The maximum absolute atomic E-state index is 3.49. The maximum atomic E-state index is 3.49. The second-order valence-electron chi connectivity index (χ2n) is 4.73. The summed E-state index contributed by atoms with van der Waals surface area (Å²) in [5.74, 6) is 0. The highest BCUT2D eigenvalue weighted by atomic mass is 127. The number of halogens is 1. The van der Waals surface area contributed by atoms with Crippen molar-refractivity contribution in [2.45, 2.75) is 26.9 Å². The molecule has 2 rings (SSSR count). The van der Waals surface area contributed by atoms with Gasteiger partial charge in [-0.2, -0.15) is 0 Å². The fourth-order valence-corrected chi connectivity index (χ4v) is 2.48. The monoisotopic (exact) mass is 351 g/mol. The molecular weight excluding hydrogens is 333 g/mol. The van der Waals surface area contributed by atoms with E-state index in [1.54, 1.807) is 0 Å². The molecule has 0 aliphatic heterocycles. The van der Waals surface area contributed by atoms with Gasteiger partial charge in [-0.3, -0.25) is 0 Å². The van der Waals surface area contributed by atoms with Gasteiger partial charge in [0.25, 0.3) is 0 Å². The van der Waals surface area contributed by atoms with Crippen molar-refractivity contribution < 1.29 is 0 Å². The molecule has 0 aliphatic carbocycles. The molecule has 0 unspecified atom stereocenters. The number of nitrogens with one attached hydrogen (secondary N) is 1. The van der Waals surface area contributed by atoms with E-state index in [2.05, 4.69) is 84.2 Å². The van der Waals surface area contributed by atoms with Crippen molar-refractivity contribution in [1.82, 2.24) is 5.32 Å². The molecule has 0 heterocycles. The average molecular weight is 351 g/mol. The van der Waals surface area contributed by atoms with Gasteiger partial charge < -0.3 is 5.32 Å². The molecule has 0 atom stereocenters. The Labute approximate surface area is 123 Å². The van der Waals surface area contributed by atoms with Gasteiger partial charge in [-0.25, -0.2) is 0 Å². The van der Waals surface area contributed by atoms with Crippen LogP contribution >= 0.6 is 22.6 Å². The molecule has 0 aromatic heterocycles. The van der Waals surface area contributed by atoms with Crippen LogP contribution in [-0.4, -0.2) is 0 Å². The van der Waals surface area contributed by atoms with Gasteiger partial charge in [0.2, 0.25) is 0 Å². The molecule has 0 fully saturated rings. The highest BCUT2D eigenvalue weighted by Crippen LogP contribution is 2.10. The fraction of sp³-hybridized carbons (Fsp3) is 0.250. The molecule has 0 bridgehead atoms. The number of hydrogen-bond donors (Lipinski definition) is 1. The van der Waals surface area contributed by atoms with Crippen molar-refractivity contribution in [3.05, 3.63) is 68.3 Å². The lowest BCUT2D eigenvalue weighted by Gasteiger charge is -2.07. The largest absolute Gasteiger partial charge is 0.309 e. The highest BCUT2D eigenvalue weighted by Gasteiger charge is 1.97. The summed E-state index contributed by atoms with van der Waals surface area (Å²) in [6, 6.07) is 15.3. The summed E-state index contributed by atoms with van der Waals surface area (Å²) in [6.07, 6.45) is 0. The van der Waals surface area contributed by atoms with E-state index in [1.807, 2.05) is 0 Å². The Bertz CT molecular complexity index is 497. The smallest absolute Gasteiger partial charge is 0.0208 e. The third-order valence-electron chi connectivity index (χ3n) is 2.85. The lowest BCUT2D eigenvalue weighted by atomic mass is 10.1. The quantitative estimate of drug-likeness (QED) is 0.815. The van der Waals surface area contributed by atoms with Crippen molar-refractivity contribution in [2.75, 3.05) is 0 Å². The Hall–Kier alpha value is -0.870. The number of rotatable bonds is 4. The fourth-order valence-electron chi connectivity index (χ4n) is 2.12. The predicted octanol–water partition coefficient (Wildman–Crippen LogP) is 4.20. The normalized spacial score (nSPS) is 10.6. The van der Waals surface area contributed by atoms with Gasteiger partial charge in [0, 0.05) is 16.7 Å². The predicted molar refractivity (Wildman–Crippen MR) is 85.6 cm³/mol. The summed E-state index contributed by atoms with van der Waals surface area (Å²) in [7, 11) is 0. The summed E-state index contributed by atoms with van der Waals surface area (Å²) in [6.45, 7) is 6.14. The molecule has 0 radical (unpaired) electrons. The minimum atomic E-state index is 0.921. The second-order valence-corrected chi connectivity index (χ2v) is 5.97. The van der Waals surface area contributed by atoms with E-state index in [0.717, 1.165) is 13.1 Å². The van der Waals surface area contributed by atoms with Crippen molar-refractivity contribution >= 4 is 22.6 Å². The van der Waals surface area contributed by atoms with Gasteiger partial charge in [-0.15, -0.1) is 0 Å². The van der Waals surface area contributed by atoms with Gasteiger partial charge >= 0.3 is 0 Å². The van der Waals surface area contributed by atoms with Crippen molar-refractivity contribution in [1.29, 1.82) is 0 Å². The van der Waals surface area contributed by atoms with Crippen molar-refractivity contribution in [3.63, 3.8) is 0 Å². The molecule has 2 heteroatoms. The third kappa shape index (κ3) is 4.10. The molecule has 1 nitrogen and oxygen atoms in total. The number of aryl methyl sites for hydroxylation is 2. The molecule has 1 N–H and O–H groups in total. The summed E-state index contributed by atoms with van der Waals surface area (Å²) in [4.78, 5) is 0. The van der Waals surface area contributed by atoms with Crippen LogP contribution in [0.3, 0.4) is 0 Å². The Kier molecular flexibility index (Phi) is 4.78. The standard InChI is InChI=1S/C16H18IN/c1-12-7-13(2)9-15(8-12)11-18-10-14-3-5-16(17)6-4-14/h3-9,18H,10-11H2,1-2H3. The lowest BCUT2D eigenvalue weighted by molar-refractivity contribution is 0.692. The van der Waals surface area contributed by atoms with E-state index >= 15 is 0 Å². The van der Waals surface area contributed by atoms with Crippen LogP contribution in [0.1, 0.15) is 22.3 Å². The molecule has 2 aromatic carbocycles. The SMILES string of the molecule is Cc1cc(C)cc(CNCc2ccc(I)cc2)c1. The third-order valence-corrected chi connectivity index (χ3v) is 3.57. The zero-order valence-corrected chi connectivity index (χ0v) is 13.0. The van der Waals surface area contributed by atoms with E-state index in [9.17, 15) is 0 Å². The molecule has 0 spiro atoms. The van der Waals surface area contributed by atoms with Crippen LogP contribution in [0.5, 0.6) is 0 Å². The van der Waals surface area contributed by atoms with Crippen LogP contribution < -0.4 is 5.32 Å². The minimum absolute atomic E-state index is 0.921. The summed E-state index contributed by atoms with van der Waals surface area (Å²) >= 11 is 2.33. The Morgan fingerprint density at radius 3 is 2.00 bits per heavy atom. The first-order chi connectivity index (χ1) is 8.63. The summed E-state index contributed by atoms with van der Waals surface area (Å²) in [5, 5.41) is 3.49. The molecule has 2 aromatic rings. The van der Waals surface area contributed by atoms with E-state index < -0.39 is 0 Å². The molecular formula is C16H18IN. The number of hydrogen-bond acceptors (Lipinski definition) is 1. The van der Waals surface area contributed by atoms with E-state index in [1.165, 1.54) is 25.8 Å². The first-order valence-corrected chi connectivity index (χ1v) is 7.24. The number of benzene rings is 2. The van der Waals surface area contributed by atoms with Gasteiger partial charge in [0.15, 0.2) is 0 Å². The van der Waals surface area contributed by atoms with Gasteiger partial charge in [0.1, 0.15) is 0 Å². The molecule has 0 amide bonds. The van der Waals surface area contributed by atoms with Crippen molar-refractivity contribution in [2.24, 2.45) is 0 Å². The zero-order valence-electron chi connectivity index (χ0n) is 10.8. The van der Waals surface area contributed by atoms with E-state index in [-0.39, 0.29) is 0 Å². The first kappa shape index (κ1) is 13.6. The minimum Gasteiger partial charge on any atom is -0.309 e. The first-order valence-electron chi connectivity index (χ1n) is 6.16. The molecule has 0 saturated heterocycles. The molecule has 0 aliphatic rings. The second kappa shape index (κ2) is 6.34. The Morgan fingerprint density at radius 1 is 0.833 bits per heavy atom. The van der Waals surface area contributed by atoms with Crippen LogP contribution in [0.25, 0.3) is 0 Å². The summed E-state index contributed by atoms with van der Waals surface area (Å²) < 4.78 is 1.28. The highest BCUT2D eigenvalue weighted by molar-refractivity contribution is 14.1. The van der Waals surface area contributed by atoms with Crippen LogP contribution in [0, 0.1) is 17.4 Å². The summed E-state index contributed by atoms with van der Waals surface area (Å²) in [5.41, 5.74) is 5.36. The van der Waals surface area contributed by atoms with Crippen LogP contribution in [0.4, 0.5) is 0 Å². The van der Waals surface area contributed by atoms with E-state index in [4.69, 9.17) is 0 Å². The van der Waals surface area contributed by atoms with Crippen LogP contribution in [0.15, 0.2) is 42.5 Å². The zero-order chi connectivity index (χ0) is 13.0. The molecule has 18 heavy (non-hydrogen) atoms. The topological polar surface area (TPSA) is 12.0 Å². The van der Waals surface area contributed by atoms with E-state index in [0.29, 0.717) is 0 Å². The van der Waals surface area contributed by atoms with Gasteiger partial charge in [0.05, 0.1) is 0 Å². The lowest BCUT2D eigenvalue weighted by Crippen LogP contribution is -2.12. The van der Waals surface area contributed by atoms with Gasteiger partial charge in [-0.05, 0) is 59.7 Å². The average Bonchev–Trinajstić information content (AvgIpc) is 2.30. The van der Waals surface area contributed by atoms with Crippen LogP contribution in [0.2, 0.25) is 0 Å². The Balaban J connectivity index is 1.90.